The van der Waals surface area contributed by atoms with Gasteiger partial charge in [-0.1, -0.05) is 11.6 Å². The molecule has 0 amide bonds. The molecule has 3 heterocycles. The monoisotopic (exact) mass is 299 g/mol. The van der Waals surface area contributed by atoms with Crippen molar-refractivity contribution in [3.63, 3.8) is 0 Å². The molecule has 0 saturated carbocycles. The molecule has 1 aromatic rings. The van der Waals surface area contributed by atoms with Crippen molar-refractivity contribution in [3.05, 3.63) is 22.8 Å². The minimum atomic E-state index is 0.442. The minimum Gasteiger partial charge on any atom is -0.355 e. The Balaban J connectivity index is 1.70. The van der Waals surface area contributed by atoms with E-state index in [1.165, 1.54) is 32.4 Å². The Hall–Kier alpha value is -0.510. The Morgan fingerprint density at radius 2 is 2.05 bits per heavy atom. The zero-order chi connectivity index (χ0) is 13.2. The van der Waals surface area contributed by atoms with Gasteiger partial charge in [-0.25, -0.2) is 4.98 Å². The molecular weight excluding hydrogens is 281 g/mol. The molecule has 1 atom stereocenters. The molecule has 1 aromatic heterocycles. The molecule has 19 heavy (non-hydrogen) atoms. The Morgan fingerprint density at radius 1 is 1.26 bits per heavy atom. The first-order valence-electron chi connectivity index (χ1n) is 6.97. The first kappa shape index (κ1) is 13.5. The molecule has 2 fully saturated rings. The fraction of sp³-hybridized carbons (Fsp3) is 0.643. The van der Waals surface area contributed by atoms with Gasteiger partial charge in [0.15, 0.2) is 0 Å². The number of alkyl halides is 1. The fourth-order valence-corrected chi connectivity index (χ4v) is 3.56. The van der Waals surface area contributed by atoms with Crippen molar-refractivity contribution >= 4 is 29.0 Å². The predicted molar refractivity (Wildman–Crippen MR) is 80.2 cm³/mol. The van der Waals surface area contributed by atoms with Crippen LogP contribution in [0.5, 0.6) is 0 Å². The van der Waals surface area contributed by atoms with E-state index >= 15 is 0 Å². The van der Waals surface area contributed by atoms with Gasteiger partial charge in [0.05, 0.1) is 5.02 Å². The molecule has 0 N–H and O–H groups in total. The number of anilines is 1. The average molecular weight is 300 g/mol. The number of rotatable bonds is 3. The molecule has 2 aliphatic heterocycles. The molecular formula is C14H19Cl2N3. The molecule has 104 valence electrons. The highest BCUT2D eigenvalue weighted by Gasteiger charge is 2.29. The second-order valence-electron chi connectivity index (χ2n) is 5.40. The lowest BCUT2D eigenvalue weighted by molar-refractivity contribution is 0.260. The molecule has 0 aromatic carbocycles. The molecule has 5 heteroatoms. The van der Waals surface area contributed by atoms with Crippen LogP contribution in [0, 0.1) is 0 Å². The standard InChI is InChI=1S/C14H19Cl2N3/c15-8-11-7-14(17-9-13(11)16)19-6-3-12(10-19)18-4-1-2-5-18/h7,9,12H,1-6,8,10H2. The number of nitrogens with zero attached hydrogens (tertiary/aromatic N) is 3. The molecule has 0 radical (unpaired) electrons. The summed E-state index contributed by atoms with van der Waals surface area (Å²) in [6.45, 7) is 4.69. The Kier molecular flexibility index (Phi) is 4.15. The second kappa shape index (κ2) is 5.86. The van der Waals surface area contributed by atoms with E-state index < -0.39 is 0 Å². The van der Waals surface area contributed by atoms with Crippen molar-refractivity contribution in [1.29, 1.82) is 0 Å². The zero-order valence-corrected chi connectivity index (χ0v) is 12.5. The molecule has 3 nitrogen and oxygen atoms in total. The lowest BCUT2D eigenvalue weighted by Crippen LogP contribution is -2.35. The third kappa shape index (κ3) is 2.83. The Bertz CT molecular complexity index is 446. The molecule has 3 rings (SSSR count). The quantitative estimate of drug-likeness (QED) is 0.799. The third-order valence-electron chi connectivity index (χ3n) is 4.21. The number of hydrogen-bond donors (Lipinski definition) is 0. The first-order valence-corrected chi connectivity index (χ1v) is 7.88. The smallest absolute Gasteiger partial charge is 0.128 e. The van der Waals surface area contributed by atoms with Crippen LogP contribution in [0.2, 0.25) is 5.02 Å². The van der Waals surface area contributed by atoms with E-state index in [1.807, 2.05) is 6.07 Å². The summed E-state index contributed by atoms with van der Waals surface area (Å²) in [5.74, 6) is 1.46. The summed E-state index contributed by atoms with van der Waals surface area (Å²) < 4.78 is 0. The Labute approximate surface area is 124 Å². The van der Waals surface area contributed by atoms with Crippen molar-refractivity contribution in [2.45, 2.75) is 31.2 Å². The van der Waals surface area contributed by atoms with Gasteiger partial charge in [-0.15, -0.1) is 11.6 Å². The van der Waals surface area contributed by atoms with E-state index in [-0.39, 0.29) is 0 Å². The molecule has 2 saturated heterocycles. The van der Waals surface area contributed by atoms with Gasteiger partial charge in [-0.3, -0.25) is 4.90 Å². The van der Waals surface area contributed by atoms with E-state index in [0.29, 0.717) is 16.9 Å². The highest BCUT2D eigenvalue weighted by atomic mass is 35.5. The highest BCUT2D eigenvalue weighted by molar-refractivity contribution is 6.32. The van der Waals surface area contributed by atoms with E-state index in [1.54, 1.807) is 6.20 Å². The maximum absolute atomic E-state index is 6.06. The van der Waals surface area contributed by atoms with Crippen LogP contribution in [0.3, 0.4) is 0 Å². The van der Waals surface area contributed by atoms with Crippen LogP contribution in [-0.2, 0) is 5.88 Å². The van der Waals surface area contributed by atoms with E-state index in [2.05, 4.69) is 14.8 Å². The van der Waals surface area contributed by atoms with Crippen LogP contribution in [0.15, 0.2) is 12.3 Å². The number of hydrogen-bond acceptors (Lipinski definition) is 3. The summed E-state index contributed by atoms with van der Waals surface area (Å²) in [5, 5.41) is 0.661. The fourth-order valence-electron chi connectivity index (χ4n) is 3.10. The SMILES string of the molecule is ClCc1cc(N2CCC(N3CCCC3)C2)ncc1Cl. The second-order valence-corrected chi connectivity index (χ2v) is 6.07. The van der Waals surface area contributed by atoms with Crippen LogP contribution >= 0.6 is 23.2 Å². The highest BCUT2D eigenvalue weighted by Crippen LogP contribution is 2.27. The van der Waals surface area contributed by atoms with E-state index in [0.717, 1.165) is 24.5 Å². The van der Waals surface area contributed by atoms with Crippen molar-refractivity contribution < 1.29 is 0 Å². The maximum Gasteiger partial charge on any atom is 0.128 e. The van der Waals surface area contributed by atoms with Crippen LogP contribution in [0.4, 0.5) is 5.82 Å². The number of halogens is 2. The van der Waals surface area contributed by atoms with Crippen molar-refractivity contribution in [3.8, 4) is 0 Å². The third-order valence-corrected chi connectivity index (χ3v) is 4.84. The molecule has 0 aliphatic carbocycles. The van der Waals surface area contributed by atoms with Crippen molar-refractivity contribution in [1.82, 2.24) is 9.88 Å². The minimum absolute atomic E-state index is 0.442. The molecule has 1 unspecified atom stereocenters. The molecule has 0 spiro atoms. The van der Waals surface area contributed by atoms with Gasteiger partial charge < -0.3 is 4.90 Å². The summed E-state index contributed by atoms with van der Waals surface area (Å²) in [4.78, 5) is 9.43. The van der Waals surface area contributed by atoms with Gasteiger partial charge in [0.2, 0.25) is 0 Å². The zero-order valence-electron chi connectivity index (χ0n) is 11.0. The average Bonchev–Trinajstić information content (AvgIpc) is 3.10. The van der Waals surface area contributed by atoms with Gasteiger partial charge in [0.1, 0.15) is 5.82 Å². The van der Waals surface area contributed by atoms with Crippen molar-refractivity contribution in [2.24, 2.45) is 0 Å². The molecule has 2 aliphatic rings. The van der Waals surface area contributed by atoms with Crippen LogP contribution in [-0.4, -0.2) is 42.1 Å². The number of aromatic nitrogens is 1. The summed E-state index contributed by atoms with van der Waals surface area (Å²) in [7, 11) is 0. The Morgan fingerprint density at radius 3 is 2.79 bits per heavy atom. The lowest BCUT2D eigenvalue weighted by Gasteiger charge is -2.24. The number of pyridine rings is 1. The van der Waals surface area contributed by atoms with E-state index in [9.17, 15) is 0 Å². The summed E-state index contributed by atoms with van der Waals surface area (Å²) in [6.07, 6.45) is 5.66. The largest absolute Gasteiger partial charge is 0.355 e. The van der Waals surface area contributed by atoms with Gasteiger partial charge >= 0.3 is 0 Å². The van der Waals surface area contributed by atoms with Gasteiger partial charge in [-0.2, -0.15) is 0 Å². The lowest BCUT2D eigenvalue weighted by atomic mass is 10.2. The number of likely N-dealkylation sites (tertiary alicyclic amines) is 1. The van der Waals surface area contributed by atoms with Gasteiger partial charge in [-0.05, 0) is 44.0 Å². The first-order chi connectivity index (χ1) is 9.28. The molecule has 0 bridgehead atoms. The van der Waals surface area contributed by atoms with Crippen LogP contribution in [0.1, 0.15) is 24.8 Å². The van der Waals surface area contributed by atoms with E-state index in [4.69, 9.17) is 23.2 Å². The summed E-state index contributed by atoms with van der Waals surface area (Å²) in [6, 6.07) is 2.72. The van der Waals surface area contributed by atoms with Crippen LogP contribution < -0.4 is 4.90 Å². The summed E-state index contributed by atoms with van der Waals surface area (Å²) >= 11 is 12.0. The topological polar surface area (TPSA) is 19.4 Å². The normalized spacial score (nSPS) is 24.3. The van der Waals surface area contributed by atoms with Gasteiger partial charge in [0, 0.05) is 31.2 Å². The summed E-state index contributed by atoms with van der Waals surface area (Å²) in [5.41, 5.74) is 0.970. The van der Waals surface area contributed by atoms with Crippen LogP contribution in [0.25, 0.3) is 0 Å². The van der Waals surface area contributed by atoms with Crippen molar-refractivity contribution in [2.75, 3.05) is 31.1 Å². The predicted octanol–water partition coefficient (Wildman–Crippen LogP) is 3.15. The van der Waals surface area contributed by atoms with Gasteiger partial charge in [0.25, 0.3) is 0 Å². The maximum atomic E-state index is 6.06.